The first-order valence-corrected chi connectivity index (χ1v) is 5.01. The largest absolute Gasteiger partial charge is 0.344 e. The minimum Gasteiger partial charge on any atom is -0.344 e. The summed E-state index contributed by atoms with van der Waals surface area (Å²) < 4.78 is 0. The van der Waals surface area contributed by atoms with E-state index in [0.29, 0.717) is 19.6 Å². The number of rotatable bonds is 3. The predicted octanol–water partition coefficient (Wildman–Crippen LogP) is -0.488. The highest BCUT2D eigenvalue weighted by atomic mass is 16.2. The average molecular weight is 212 g/mol. The molecule has 1 saturated heterocycles. The van der Waals surface area contributed by atoms with Gasteiger partial charge in [-0.1, -0.05) is 6.92 Å². The van der Waals surface area contributed by atoms with Crippen LogP contribution >= 0.6 is 0 Å². The van der Waals surface area contributed by atoms with E-state index in [-0.39, 0.29) is 24.2 Å². The third kappa shape index (κ3) is 3.04. The number of hydrogen-bond donors (Lipinski definition) is 0. The molecular formula is C10H16N2O3. The van der Waals surface area contributed by atoms with E-state index in [0.717, 1.165) is 6.29 Å². The molecule has 2 amide bonds. The van der Waals surface area contributed by atoms with Crippen LogP contribution in [-0.4, -0.2) is 54.6 Å². The highest BCUT2D eigenvalue weighted by Crippen LogP contribution is 2.06. The zero-order valence-electron chi connectivity index (χ0n) is 9.10. The number of carbonyl (C=O) groups is 3. The van der Waals surface area contributed by atoms with Crippen LogP contribution < -0.4 is 0 Å². The maximum absolute atomic E-state index is 11.6. The lowest BCUT2D eigenvalue weighted by molar-refractivity contribution is -0.136. The van der Waals surface area contributed by atoms with Gasteiger partial charge >= 0.3 is 0 Å². The Kier molecular flexibility index (Phi) is 3.82. The molecule has 0 radical (unpaired) electrons. The fourth-order valence-electron chi connectivity index (χ4n) is 1.48. The summed E-state index contributed by atoms with van der Waals surface area (Å²) in [7, 11) is 1.68. The topological polar surface area (TPSA) is 57.7 Å². The lowest BCUT2D eigenvalue weighted by Gasteiger charge is -2.21. The van der Waals surface area contributed by atoms with Gasteiger partial charge in [0, 0.05) is 32.6 Å². The first-order chi connectivity index (χ1) is 7.04. The first kappa shape index (κ1) is 11.7. The molecule has 0 N–H and O–H groups in total. The number of aldehydes is 1. The summed E-state index contributed by atoms with van der Waals surface area (Å²) in [6.07, 6.45) is 0.742. The zero-order chi connectivity index (χ0) is 11.4. The van der Waals surface area contributed by atoms with E-state index in [1.165, 1.54) is 0 Å². The van der Waals surface area contributed by atoms with E-state index in [9.17, 15) is 14.4 Å². The van der Waals surface area contributed by atoms with E-state index in [2.05, 4.69) is 0 Å². The average Bonchev–Trinajstić information content (AvgIpc) is 2.32. The maximum Gasteiger partial charge on any atom is 0.232 e. The summed E-state index contributed by atoms with van der Waals surface area (Å²) in [6, 6.07) is 0. The van der Waals surface area contributed by atoms with Crippen molar-refractivity contribution in [1.82, 2.24) is 9.80 Å². The van der Waals surface area contributed by atoms with Crippen molar-refractivity contribution >= 4 is 18.1 Å². The molecule has 1 aliphatic rings. The zero-order valence-corrected chi connectivity index (χ0v) is 9.10. The van der Waals surface area contributed by atoms with Crippen LogP contribution in [0, 0.1) is 5.92 Å². The first-order valence-electron chi connectivity index (χ1n) is 5.01. The van der Waals surface area contributed by atoms with Crippen LogP contribution in [0.1, 0.15) is 13.3 Å². The molecule has 0 aromatic heterocycles. The summed E-state index contributed by atoms with van der Waals surface area (Å²) in [6.45, 7) is 3.22. The summed E-state index contributed by atoms with van der Waals surface area (Å²) in [4.78, 5) is 36.5. The van der Waals surface area contributed by atoms with Gasteiger partial charge in [0.25, 0.3) is 0 Å². The lowest BCUT2D eigenvalue weighted by atomic mass is 10.2. The van der Waals surface area contributed by atoms with Gasteiger partial charge in [-0.3, -0.25) is 9.59 Å². The Bertz CT molecular complexity index is 278. The van der Waals surface area contributed by atoms with Crippen molar-refractivity contribution in [2.75, 3.05) is 26.7 Å². The highest BCUT2D eigenvalue weighted by Gasteiger charge is 2.25. The van der Waals surface area contributed by atoms with Crippen molar-refractivity contribution in [1.29, 1.82) is 0 Å². The molecule has 1 fully saturated rings. The molecule has 5 heteroatoms. The quantitative estimate of drug-likeness (QED) is 0.468. The Morgan fingerprint density at radius 1 is 1.33 bits per heavy atom. The Hall–Kier alpha value is -1.39. The number of carbonyl (C=O) groups excluding carboxylic acids is 3. The van der Waals surface area contributed by atoms with Gasteiger partial charge < -0.3 is 14.6 Å². The molecule has 1 unspecified atom stereocenters. The molecule has 1 heterocycles. The normalized spacial score (nSPS) is 20.1. The van der Waals surface area contributed by atoms with Crippen LogP contribution in [0.2, 0.25) is 0 Å². The summed E-state index contributed by atoms with van der Waals surface area (Å²) in [5, 5.41) is 0. The second-order valence-corrected chi connectivity index (χ2v) is 3.95. The smallest absolute Gasteiger partial charge is 0.232 e. The molecule has 15 heavy (non-hydrogen) atoms. The summed E-state index contributed by atoms with van der Waals surface area (Å²) in [5.74, 6) is -0.508. The van der Waals surface area contributed by atoms with E-state index >= 15 is 0 Å². The number of likely N-dealkylation sites (N-methyl/N-ethyl adjacent to an activating group) is 1. The molecule has 1 atom stereocenters. The van der Waals surface area contributed by atoms with Crippen molar-refractivity contribution in [3.63, 3.8) is 0 Å². The number of nitrogens with zero attached hydrogens (tertiary/aromatic N) is 2. The number of amides is 2. The predicted molar refractivity (Wildman–Crippen MR) is 54.1 cm³/mol. The maximum atomic E-state index is 11.6. The molecule has 0 spiro atoms. The van der Waals surface area contributed by atoms with E-state index < -0.39 is 0 Å². The van der Waals surface area contributed by atoms with Crippen LogP contribution in [0.15, 0.2) is 0 Å². The second kappa shape index (κ2) is 4.91. The fourth-order valence-corrected chi connectivity index (χ4v) is 1.48. The van der Waals surface area contributed by atoms with Gasteiger partial charge in [-0.25, -0.2) is 0 Å². The minimum atomic E-state index is -0.182. The summed E-state index contributed by atoms with van der Waals surface area (Å²) in [5.41, 5.74) is 0. The van der Waals surface area contributed by atoms with E-state index in [4.69, 9.17) is 0 Å². The van der Waals surface area contributed by atoms with Crippen molar-refractivity contribution in [2.24, 2.45) is 5.92 Å². The molecule has 1 aliphatic heterocycles. The highest BCUT2D eigenvalue weighted by molar-refractivity contribution is 5.97. The van der Waals surface area contributed by atoms with Crippen LogP contribution in [0.4, 0.5) is 0 Å². The van der Waals surface area contributed by atoms with Crippen molar-refractivity contribution in [3.8, 4) is 0 Å². The standard InChI is InChI=1S/C10H16N2O3/c1-8(7-13)6-12-4-3-11(2)9(14)5-10(12)15/h7-8H,3-6H2,1-2H3. The molecule has 0 bridgehead atoms. The molecular weight excluding hydrogens is 196 g/mol. The molecule has 0 aromatic rings. The molecule has 0 saturated carbocycles. The van der Waals surface area contributed by atoms with Crippen molar-refractivity contribution in [2.45, 2.75) is 13.3 Å². The molecule has 0 aromatic carbocycles. The molecule has 5 nitrogen and oxygen atoms in total. The third-order valence-corrected chi connectivity index (χ3v) is 2.53. The lowest BCUT2D eigenvalue weighted by Crippen LogP contribution is -2.36. The van der Waals surface area contributed by atoms with Crippen LogP contribution in [0.5, 0.6) is 0 Å². The Balaban J connectivity index is 2.62. The Morgan fingerprint density at radius 2 is 2.00 bits per heavy atom. The van der Waals surface area contributed by atoms with Gasteiger partial charge in [-0.15, -0.1) is 0 Å². The monoisotopic (exact) mass is 212 g/mol. The van der Waals surface area contributed by atoms with Crippen LogP contribution in [0.3, 0.4) is 0 Å². The van der Waals surface area contributed by atoms with Gasteiger partial charge in [-0.2, -0.15) is 0 Å². The van der Waals surface area contributed by atoms with Crippen LogP contribution in [-0.2, 0) is 14.4 Å². The van der Waals surface area contributed by atoms with Gasteiger partial charge in [0.1, 0.15) is 12.7 Å². The van der Waals surface area contributed by atoms with E-state index in [1.807, 2.05) is 0 Å². The van der Waals surface area contributed by atoms with Crippen molar-refractivity contribution < 1.29 is 14.4 Å². The minimum absolute atomic E-state index is 0.0813. The number of hydrogen-bond acceptors (Lipinski definition) is 3. The fraction of sp³-hybridized carbons (Fsp3) is 0.700. The third-order valence-electron chi connectivity index (χ3n) is 2.53. The van der Waals surface area contributed by atoms with Gasteiger partial charge in [-0.05, 0) is 0 Å². The van der Waals surface area contributed by atoms with Gasteiger partial charge in [0.2, 0.25) is 11.8 Å². The molecule has 84 valence electrons. The molecule has 1 rings (SSSR count). The van der Waals surface area contributed by atoms with Crippen molar-refractivity contribution in [3.05, 3.63) is 0 Å². The van der Waals surface area contributed by atoms with E-state index in [1.54, 1.807) is 23.8 Å². The Morgan fingerprint density at radius 3 is 2.60 bits per heavy atom. The second-order valence-electron chi connectivity index (χ2n) is 3.95. The van der Waals surface area contributed by atoms with Crippen LogP contribution in [0.25, 0.3) is 0 Å². The molecule has 0 aliphatic carbocycles. The van der Waals surface area contributed by atoms with Gasteiger partial charge in [0.05, 0.1) is 0 Å². The summed E-state index contributed by atoms with van der Waals surface area (Å²) >= 11 is 0. The SMILES string of the molecule is CC(C=O)CN1CCN(C)C(=O)CC1=O. The Labute approximate surface area is 89.0 Å². The van der Waals surface area contributed by atoms with Gasteiger partial charge in [0.15, 0.2) is 0 Å².